The quantitative estimate of drug-likeness (QED) is 0.692. The van der Waals surface area contributed by atoms with Crippen molar-refractivity contribution >= 4 is 28.1 Å². The Morgan fingerprint density at radius 1 is 1.36 bits per heavy atom. The van der Waals surface area contributed by atoms with Gasteiger partial charge in [0.1, 0.15) is 0 Å². The lowest BCUT2D eigenvalue weighted by molar-refractivity contribution is 0.0916. The summed E-state index contributed by atoms with van der Waals surface area (Å²) in [6, 6.07) is 7.46. The molecule has 3 aromatic rings. The largest absolute Gasteiger partial charge is 0.387 e. The van der Waals surface area contributed by atoms with E-state index in [1.807, 2.05) is 42.8 Å². The maximum absolute atomic E-state index is 12.3. The van der Waals surface area contributed by atoms with Crippen LogP contribution >= 0.6 is 11.3 Å². The van der Waals surface area contributed by atoms with E-state index in [1.54, 1.807) is 6.07 Å². The number of aliphatic hydroxyl groups is 1. The van der Waals surface area contributed by atoms with Gasteiger partial charge in [0.05, 0.1) is 6.10 Å². The summed E-state index contributed by atoms with van der Waals surface area (Å²) in [7, 11) is 0. The molecular weight excluding hydrogens is 296 g/mol. The van der Waals surface area contributed by atoms with Crippen molar-refractivity contribution in [2.24, 2.45) is 0 Å². The predicted molar refractivity (Wildman–Crippen MR) is 89.4 cm³/mol. The number of hydrogen-bond acceptors (Lipinski definition) is 3. The third-order valence-corrected chi connectivity index (χ3v) is 4.66. The van der Waals surface area contributed by atoms with Crippen molar-refractivity contribution in [2.75, 3.05) is 6.54 Å². The van der Waals surface area contributed by atoms with Crippen LogP contribution < -0.4 is 5.32 Å². The zero-order valence-electron chi connectivity index (χ0n) is 12.5. The molecule has 3 rings (SSSR count). The molecule has 0 bridgehead atoms. The lowest BCUT2D eigenvalue weighted by Crippen LogP contribution is -2.28. The van der Waals surface area contributed by atoms with E-state index in [4.69, 9.17) is 0 Å². The molecule has 114 valence electrons. The Hall–Kier alpha value is -2.11. The van der Waals surface area contributed by atoms with Crippen LogP contribution in [0.1, 0.15) is 33.3 Å². The number of thiophene rings is 1. The number of fused-ring (bicyclic) bond motifs is 1. The molecule has 0 fully saturated rings. The molecule has 5 heteroatoms. The van der Waals surface area contributed by atoms with E-state index >= 15 is 0 Å². The van der Waals surface area contributed by atoms with Crippen LogP contribution in [0.4, 0.5) is 0 Å². The molecule has 22 heavy (non-hydrogen) atoms. The van der Waals surface area contributed by atoms with Crippen molar-refractivity contribution in [2.45, 2.75) is 20.0 Å². The highest BCUT2D eigenvalue weighted by atomic mass is 32.1. The highest BCUT2D eigenvalue weighted by Gasteiger charge is 2.13. The number of H-pyrrole nitrogens is 1. The normalized spacial score (nSPS) is 12.5. The minimum atomic E-state index is -0.671. The molecular formula is C17H18N2O2S. The molecule has 0 spiro atoms. The Morgan fingerprint density at radius 2 is 2.18 bits per heavy atom. The highest BCUT2D eigenvalue weighted by molar-refractivity contribution is 7.07. The summed E-state index contributed by atoms with van der Waals surface area (Å²) < 4.78 is 0. The van der Waals surface area contributed by atoms with Crippen LogP contribution in [0.25, 0.3) is 10.9 Å². The molecule has 0 aliphatic rings. The Kier molecular flexibility index (Phi) is 4.00. The molecule has 2 heterocycles. The summed E-state index contributed by atoms with van der Waals surface area (Å²) in [6.07, 6.45) is -0.671. The topological polar surface area (TPSA) is 65.1 Å². The number of nitrogens with one attached hydrogen (secondary N) is 2. The van der Waals surface area contributed by atoms with Gasteiger partial charge in [-0.1, -0.05) is 0 Å². The van der Waals surface area contributed by atoms with Crippen LogP contribution in [0.5, 0.6) is 0 Å². The van der Waals surface area contributed by atoms with Gasteiger partial charge in [-0.2, -0.15) is 11.3 Å². The fourth-order valence-electron chi connectivity index (χ4n) is 2.48. The van der Waals surface area contributed by atoms with Crippen molar-refractivity contribution in [1.82, 2.24) is 10.3 Å². The van der Waals surface area contributed by atoms with Gasteiger partial charge >= 0.3 is 0 Å². The first-order valence-electron chi connectivity index (χ1n) is 7.13. The molecule has 1 aromatic carbocycles. The molecule has 3 N–H and O–H groups in total. The monoisotopic (exact) mass is 314 g/mol. The van der Waals surface area contributed by atoms with Gasteiger partial charge in [0.15, 0.2) is 0 Å². The fourth-order valence-corrected chi connectivity index (χ4v) is 3.18. The first kappa shape index (κ1) is 14.8. The Bertz CT molecular complexity index is 806. The molecule has 0 saturated carbocycles. The van der Waals surface area contributed by atoms with E-state index in [2.05, 4.69) is 10.3 Å². The van der Waals surface area contributed by atoms with E-state index < -0.39 is 6.10 Å². The number of aliphatic hydroxyl groups excluding tert-OH is 1. The van der Waals surface area contributed by atoms with Gasteiger partial charge in [-0.3, -0.25) is 4.79 Å². The minimum absolute atomic E-state index is 0.172. The van der Waals surface area contributed by atoms with Crippen molar-refractivity contribution in [3.05, 3.63) is 57.4 Å². The minimum Gasteiger partial charge on any atom is -0.387 e. The van der Waals surface area contributed by atoms with Crippen LogP contribution in [-0.4, -0.2) is 22.5 Å². The second-order valence-electron chi connectivity index (χ2n) is 5.42. The van der Waals surface area contributed by atoms with E-state index in [0.717, 1.165) is 27.7 Å². The third-order valence-electron chi connectivity index (χ3n) is 3.95. The SMILES string of the molecule is Cc1[nH]c2ccc(C(=O)NCC(O)c3ccsc3)cc2c1C. The molecule has 2 aromatic heterocycles. The van der Waals surface area contributed by atoms with Crippen LogP contribution in [-0.2, 0) is 0 Å². The summed E-state index contributed by atoms with van der Waals surface area (Å²) >= 11 is 1.53. The highest BCUT2D eigenvalue weighted by Crippen LogP contribution is 2.22. The van der Waals surface area contributed by atoms with Gasteiger partial charge in [-0.15, -0.1) is 0 Å². The number of rotatable bonds is 4. The van der Waals surface area contributed by atoms with Crippen LogP contribution in [0, 0.1) is 13.8 Å². The summed E-state index contributed by atoms with van der Waals surface area (Å²) in [5, 5.41) is 17.6. The van der Waals surface area contributed by atoms with Crippen molar-refractivity contribution in [3.8, 4) is 0 Å². The molecule has 0 saturated heterocycles. The summed E-state index contributed by atoms with van der Waals surface area (Å²) in [5.74, 6) is -0.172. The number of aromatic nitrogens is 1. The molecule has 1 unspecified atom stereocenters. The number of amides is 1. The van der Waals surface area contributed by atoms with Gasteiger partial charge in [0, 0.05) is 28.7 Å². The number of aryl methyl sites for hydroxylation is 2. The Labute approximate surface area is 132 Å². The average Bonchev–Trinajstić information content (AvgIpc) is 3.14. The lowest BCUT2D eigenvalue weighted by atomic mass is 10.1. The van der Waals surface area contributed by atoms with Gasteiger partial charge in [0.25, 0.3) is 5.91 Å². The molecule has 1 amide bonds. The summed E-state index contributed by atoms with van der Waals surface area (Å²) in [6.45, 7) is 4.27. The summed E-state index contributed by atoms with van der Waals surface area (Å²) in [5.41, 5.74) is 4.73. The Morgan fingerprint density at radius 3 is 2.91 bits per heavy atom. The van der Waals surface area contributed by atoms with Gasteiger partial charge < -0.3 is 15.4 Å². The maximum Gasteiger partial charge on any atom is 0.251 e. The molecule has 4 nitrogen and oxygen atoms in total. The number of benzene rings is 1. The van der Waals surface area contributed by atoms with Gasteiger partial charge in [-0.05, 0) is 60.0 Å². The zero-order chi connectivity index (χ0) is 15.7. The van der Waals surface area contributed by atoms with E-state index in [9.17, 15) is 9.90 Å². The van der Waals surface area contributed by atoms with E-state index in [-0.39, 0.29) is 12.5 Å². The molecule has 1 atom stereocenters. The standard InChI is InChI=1S/C17H18N2O2S/c1-10-11(2)19-15-4-3-12(7-14(10)15)17(21)18-8-16(20)13-5-6-22-9-13/h3-7,9,16,19-20H,8H2,1-2H3,(H,18,21). The van der Waals surface area contributed by atoms with Crippen molar-refractivity contribution in [1.29, 1.82) is 0 Å². The summed E-state index contributed by atoms with van der Waals surface area (Å²) in [4.78, 5) is 15.5. The lowest BCUT2D eigenvalue weighted by Gasteiger charge is -2.10. The van der Waals surface area contributed by atoms with E-state index in [1.165, 1.54) is 11.3 Å². The number of carbonyl (C=O) groups excluding carboxylic acids is 1. The van der Waals surface area contributed by atoms with Crippen molar-refractivity contribution < 1.29 is 9.90 Å². The molecule has 0 aliphatic heterocycles. The van der Waals surface area contributed by atoms with Crippen LogP contribution in [0.3, 0.4) is 0 Å². The van der Waals surface area contributed by atoms with Gasteiger partial charge in [0.2, 0.25) is 0 Å². The molecule has 0 radical (unpaired) electrons. The van der Waals surface area contributed by atoms with Crippen LogP contribution in [0.2, 0.25) is 0 Å². The average molecular weight is 314 g/mol. The van der Waals surface area contributed by atoms with Crippen LogP contribution in [0.15, 0.2) is 35.0 Å². The smallest absolute Gasteiger partial charge is 0.251 e. The first-order valence-corrected chi connectivity index (χ1v) is 8.08. The van der Waals surface area contributed by atoms with E-state index in [0.29, 0.717) is 5.56 Å². The second-order valence-corrected chi connectivity index (χ2v) is 6.20. The Balaban J connectivity index is 1.73. The third kappa shape index (κ3) is 2.77. The fraction of sp³-hybridized carbons (Fsp3) is 0.235. The zero-order valence-corrected chi connectivity index (χ0v) is 13.3. The predicted octanol–water partition coefficient (Wildman–Crippen LogP) is 3.31. The number of aromatic amines is 1. The first-order chi connectivity index (χ1) is 10.6. The molecule has 0 aliphatic carbocycles. The maximum atomic E-state index is 12.3. The van der Waals surface area contributed by atoms with Gasteiger partial charge in [-0.25, -0.2) is 0 Å². The second kappa shape index (κ2) is 5.94. The van der Waals surface area contributed by atoms with Crippen molar-refractivity contribution in [3.63, 3.8) is 0 Å². The number of carbonyl (C=O) groups is 1. The number of hydrogen-bond donors (Lipinski definition) is 3.